The highest BCUT2D eigenvalue weighted by atomic mass is 16.4. The Kier molecular flexibility index (Phi) is 2.62. The van der Waals surface area contributed by atoms with Gasteiger partial charge >= 0.3 is 5.63 Å². The second kappa shape index (κ2) is 4.15. The predicted octanol–water partition coefficient (Wildman–Crippen LogP) is 3.86. The van der Waals surface area contributed by atoms with E-state index >= 15 is 0 Å². The van der Waals surface area contributed by atoms with Gasteiger partial charge in [0, 0.05) is 41.2 Å². The first-order valence-electron chi connectivity index (χ1n) is 8.16. The van der Waals surface area contributed by atoms with Crippen LogP contribution in [0.3, 0.4) is 0 Å². The summed E-state index contributed by atoms with van der Waals surface area (Å²) in [7, 11) is 0. The third-order valence-electron chi connectivity index (χ3n) is 6.06. The van der Waals surface area contributed by atoms with Crippen LogP contribution in [0.4, 0.5) is 5.69 Å². The van der Waals surface area contributed by atoms with Gasteiger partial charge in [0.25, 0.3) is 0 Å². The zero-order chi connectivity index (χ0) is 15.7. The van der Waals surface area contributed by atoms with Crippen molar-refractivity contribution in [2.75, 3.05) is 18.0 Å². The Morgan fingerprint density at radius 1 is 1.18 bits per heavy atom. The molecule has 0 N–H and O–H groups in total. The molecule has 3 nitrogen and oxygen atoms in total. The lowest BCUT2D eigenvalue weighted by Gasteiger charge is -2.53. The van der Waals surface area contributed by atoms with Gasteiger partial charge in [-0.1, -0.05) is 27.7 Å². The number of aryl methyl sites for hydroxylation is 1. The molecule has 1 aromatic heterocycles. The molecule has 0 atom stereocenters. The van der Waals surface area contributed by atoms with Crippen molar-refractivity contribution < 1.29 is 4.42 Å². The van der Waals surface area contributed by atoms with E-state index in [0.29, 0.717) is 0 Å². The molecule has 22 heavy (non-hydrogen) atoms. The number of nitrogens with zero attached hydrogens (tertiary/aromatic N) is 1. The highest BCUT2D eigenvalue weighted by Gasteiger charge is 2.48. The van der Waals surface area contributed by atoms with E-state index in [9.17, 15) is 4.79 Å². The molecule has 2 aliphatic heterocycles. The molecule has 0 unspecified atom stereocenters. The maximum Gasteiger partial charge on any atom is 0.336 e. The molecule has 3 heterocycles. The van der Waals surface area contributed by atoms with Crippen LogP contribution in [-0.2, 0) is 11.8 Å². The average molecular weight is 297 g/mol. The van der Waals surface area contributed by atoms with E-state index in [1.54, 1.807) is 0 Å². The first kappa shape index (κ1) is 13.9. The van der Waals surface area contributed by atoms with Gasteiger partial charge in [-0.2, -0.15) is 0 Å². The summed E-state index contributed by atoms with van der Waals surface area (Å²) in [6.45, 7) is 11.4. The molecule has 2 aliphatic rings. The van der Waals surface area contributed by atoms with Crippen LogP contribution in [0.25, 0.3) is 11.0 Å². The van der Waals surface area contributed by atoms with Gasteiger partial charge in [0.05, 0.1) is 0 Å². The van der Waals surface area contributed by atoms with Gasteiger partial charge in [0.2, 0.25) is 0 Å². The van der Waals surface area contributed by atoms with Crippen molar-refractivity contribution in [3.05, 3.63) is 39.7 Å². The largest absolute Gasteiger partial charge is 0.422 e. The van der Waals surface area contributed by atoms with Gasteiger partial charge in [0.1, 0.15) is 5.58 Å². The highest BCUT2D eigenvalue weighted by molar-refractivity contribution is 5.90. The fourth-order valence-electron chi connectivity index (χ4n) is 4.14. The number of anilines is 1. The number of hydrogen-bond acceptors (Lipinski definition) is 3. The molecule has 4 rings (SSSR count). The molecule has 3 heteroatoms. The number of benzene rings is 1. The molecule has 116 valence electrons. The maximum absolute atomic E-state index is 11.8. The van der Waals surface area contributed by atoms with Crippen LogP contribution in [0, 0.1) is 5.41 Å². The molecule has 0 saturated heterocycles. The Labute approximate surface area is 130 Å². The zero-order valence-corrected chi connectivity index (χ0v) is 13.8. The summed E-state index contributed by atoms with van der Waals surface area (Å²) in [4.78, 5) is 14.3. The normalized spacial score (nSPS) is 21.7. The summed E-state index contributed by atoms with van der Waals surface area (Å²) in [6.07, 6.45) is 2.32. The van der Waals surface area contributed by atoms with Crippen LogP contribution < -0.4 is 10.5 Å². The molecule has 0 bridgehead atoms. The van der Waals surface area contributed by atoms with Crippen LogP contribution in [0.1, 0.15) is 45.2 Å². The lowest BCUT2D eigenvalue weighted by Crippen LogP contribution is -2.52. The van der Waals surface area contributed by atoms with Crippen LogP contribution in [-0.4, -0.2) is 13.1 Å². The summed E-state index contributed by atoms with van der Waals surface area (Å²) in [5.41, 5.74) is 4.58. The summed E-state index contributed by atoms with van der Waals surface area (Å²) >= 11 is 0. The van der Waals surface area contributed by atoms with Crippen molar-refractivity contribution in [1.82, 2.24) is 0 Å². The van der Waals surface area contributed by atoms with Crippen LogP contribution >= 0.6 is 0 Å². The average Bonchev–Trinajstić information content (AvgIpc) is 2.43. The van der Waals surface area contributed by atoms with Crippen molar-refractivity contribution in [2.45, 2.75) is 46.0 Å². The van der Waals surface area contributed by atoms with E-state index < -0.39 is 0 Å². The molecular weight excluding hydrogens is 274 g/mol. The summed E-state index contributed by atoms with van der Waals surface area (Å²) in [5, 5.41) is 1.06. The fourth-order valence-corrected chi connectivity index (χ4v) is 4.14. The SMILES string of the molecule is CC1(C)CN2CCCc3cc4ccc(=O)oc4c(c32)C1(C)C. The van der Waals surface area contributed by atoms with Crippen molar-refractivity contribution in [1.29, 1.82) is 0 Å². The van der Waals surface area contributed by atoms with Gasteiger partial charge < -0.3 is 9.32 Å². The van der Waals surface area contributed by atoms with Crippen LogP contribution in [0.2, 0.25) is 0 Å². The zero-order valence-electron chi connectivity index (χ0n) is 13.8. The molecule has 0 saturated carbocycles. The van der Waals surface area contributed by atoms with Crippen LogP contribution in [0.5, 0.6) is 0 Å². The van der Waals surface area contributed by atoms with Gasteiger partial charge in [0.15, 0.2) is 0 Å². The monoisotopic (exact) mass is 297 g/mol. The van der Waals surface area contributed by atoms with Crippen LogP contribution in [0.15, 0.2) is 27.4 Å². The molecule has 0 fully saturated rings. The molecule has 0 radical (unpaired) electrons. The molecule has 2 aromatic rings. The summed E-state index contributed by atoms with van der Waals surface area (Å²) in [5.74, 6) is 0. The number of hydrogen-bond donors (Lipinski definition) is 0. The smallest absolute Gasteiger partial charge is 0.336 e. The minimum atomic E-state index is -0.259. The van der Waals surface area contributed by atoms with Gasteiger partial charge in [-0.25, -0.2) is 4.79 Å². The fraction of sp³-hybridized carbons (Fsp3) is 0.526. The van der Waals surface area contributed by atoms with Crippen molar-refractivity contribution in [3.8, 4) is 0 Å². The van der Waals surface area contributed by atoms with Crippen molar-refractivity contribution in [3.63, 3.8) is 0 Å². The second-order valence-electron chi connectivity index (χ2n) is 7.97. The minimum absolute atomic E-state index is 0.0400. The Morgan fingerprint density at radius 3 is 2.73 bits per heavy atom. The third kappa shape index (κ3) is 1.65. The molecule has 0 spiro atoms. The highest BCUT2D eigenvalue weighted by Crippen LogP contribution is 2.54. The standard InChI is InChI=1S/C19H23NO2/c1-18(2)11-20-9-5-6-12-10-13-7-8-14(21)22-17(13)15(16(12)20)19(18,3)4/h7-8,10H,5-6,9,11H2,1-4H3. The molecule has 0 aliphatic carbocycles. The van der Waals surface area contributed by atoms with Gasteiger partial charge in [-0.3, -0.25) is 0 Å². The van der Waals surface area contributed by atoms with E-state index in [2.05, 4.69) is 38.7 Å². The Bertz CT molecular complexity index is 829. The second-order valence-corrected chi connectivity index (χ2v) is 7.97. The quantitative estimate of drug-likeness (QED) is 0.692. The van der Waals surface area contributed by atoms with Gasteiger partial charge in [-0.15, -0.1) is 0 Å². The van der Waals surface area contributed by atoms with E-state index in [1.165, 1.54) is 29.3 Å². The lowest BCUT2D eigenvalue weighted by molar-refractivity contribution is 0.188. The molecule has 0 amide bonds. The van der Waals surface area contributed by atoms with Crippen molar-refractivity contribution >= 4 is 16.7 Å². The third-order valence-corrected chi connectivity index (χ3v) is 6.06. The number of rotatable bonds is 0. The Balaban J connectivity index is 2.19. The minimum Gasteiger partial charge on any atom is -0.422 e. The van der Waals surface area contributed by atoms with Crippen molar-refractivity contribution in [2.24, 2.45) is 5.41 Å². The Morgan fingerprint density at radius 2 is 1.95 bits per heavy atom. The van der Waals surface area contributed by atoms with Gasteiger partial charge in [-0.05, 0) is 36.0 Å². The summed E-state index contributed by atoms with van der Waals surface area (Å²) in [6, 6.07) is 5.66. The number of fused-ring (bicyclic) bond motifs is 2. The lowest BCUT2D eigenvalue weighted by atomic mass is 9.60. The first-order chi connectivity index (χ1) is 10.3. The van der Waals surface area contributed by atoms with E-state index in [4.69, 9.17) is 4.42 Å². The van der Waals surface area contributed by atoms with E-state index in [0.717, 1.165) is 30.5 Å². The van der Waals surface area contributed by atoms with E-state index in [1.807, 2.05) is 6.07 Å². The predicted molar refractivity (Wildman–Crippen MR) is 89.8 cm³/mol. The molecular formula is C19H23NO2. The summed E-state index contributed by atoms with van der Waals surface area (Å²) < 4.78 is 5.68. The topological polar surface area (TPSA) is 33.5 Å². The maximum atomic E-state index is 11.8. The van der Waals surface area contributed by atoms with E-state index in [-0.39, 0.29) is 16.5 Å². The first-order valence-corrected chi connectivity index (χ1v) is 8.16. The molecule has 1 aromatic carbocycles. The Hall–Kier alpha value is -1.77.